The first kappa shape index (κ1) is 28.2. The lowest BCUT2D eigenvalue weighted by molar-refractivity contribution is 0.0745. The number of aromatic hydroxyl groups is 1. The van der Waals surface area contributed by atoms with Crippen LogP contribution in [0.15, 0.2) is 91.0 Å². The molecule has 1 unspecified atom stereocenters. The highest BCUT2D eigenvalue weighted by Gasteiger charge is 2.42. The highest BCUT2D eigenvalue weighted by atomic mass is 35.5. The minimum Gasteiger partial charge on any atom is -0.507 e. The average molecular weight is 596 g/mol. The van der Waals surface area contributed by atoms with Crippen LogP contribution in [0.3, 0.4) is 0 Å². The van der Waals surface area contributed by atoms with Crippen molar-refractivity contribution in [2.24, 2.45) is 0 Å². The number of carbonyl (C=O) groups is 1. The van der Waals surface area contributed by atoms with Crippen molar-refractivity contribution in [2.75, 3.05) is 20.8 Å². The topological polar surface area (TPSA) is 96.9 Å². The van der Waals surface area contributed by atoms with E-state index < -0.39 is 6.04 Å². The van der Waals surface area contributed by atoms with Gasteiger partial charge in [-0.05, 0) is 65.6 Å². The summed E-state index contributed by atoms with van der Waals surface area (Å²) < 4.78 is 17.1. The van der Waals surface area contributed by atoms with Crippen molar-refractivity contribution in [3.63, 3.8) is 0 Å². The Morgan fingerprint density at radius 2 is 1.70 bits per heavy atom. The van der Waals surface area contributed by atoms with E-state index in [9.17, 15) is 9.90 Å². The fourth-order valence-electron chi connectivity index (χ4n) is 5.43. The number of halogens is 1. The maximum Gasteiger partial charge on any atom is 0.273 e. The van der Waals surface area contributed by atoms with Gasteiger partial charge in [-0.25, -0.2) is 0 Å². The Hall–Kier alpha value is -4.95. The number of phenols is 1. The number of aromatic amines is 1. The third kappa shape index (κ3) is 5.61. The molecule has 2 heterocycles. The second-order valence-corrected chi connectivity index (χ2v) is 10.6. The summed E-state index contributed by atoms with van der Waals surface area (Å²) in [6.45, 7) is 0.824. The molecule has 218 valence electrons. The Balaban J connectivity index is 1.38. The Bertz CT molecular complexity index is 1750. The van der Waals surface area contributed by atoms with Crippen LogP contribution in [-0.4, -0.2) is 46.9 Å². The third-order valence-corrected chi connectivity index (χ3v) is 7.85. The number of hydrogen-bond donors (Lipinski definition) is 2. The summed E-state index contributed by atoms with van der Waals surface area (Å²) in [6.07, 6.45) is 0.622. The summed E-state index contributed by atoms with van der Waals surface area (Å²) in [5, 5.41) is 18.6. The van der Waals surface area contributed by atoms with E-state index in [4.69, 9.17) is 25.8 Å². The largest absolute Gasteiger partial charge is 0.507 e. The first-order valence-corrected chi connectivity index (χ1v) is 14.2. The molecule has 1 amide bonds. The van der Waals surface area contributed by atoms with Crippen molar-refractivity contribution >= 4 is 17.5 Å². The minimum atomic E-state index is -0.509. The van der Waals surface area contributed by atoms with Crippen LogP contribution in [0.5, 0.6) is 23.0 Å². The molecule has 1 atom stereocenters. The van der Waals surface area contributed by atoms with Crippen LogP contribution in [0.2, 0.25) is 5.02 Å². The Labute approximate surface area is 254 Å². The van der Waals surface area contributed by atoms with E-state index in [2.05, 4.69) is 10.2 Å². The van der Waals surface area contributed by atoms with Crippen LogP contribution in [-0.2, 0) is 13.0 Å². The molecular formula is C34H30ClN3O5. The van der Waals surface area contributed by atoms with Gasteiger partial charge in [-0.15, -0.1) is 0 Å². The van der Waals surface area contributed by atoms with Crippen LogP contribution < -0.4 is 14.2 Å². The monoisotopic (exact) mass is 595 g/mol. The standard InChI is InChI=1S/C34H30ClN3O5/c1-41-25-12-8-21(9-13-25)16-17-38-33(23-10-15-28(29(18-23)42-2)43-20-22-6-4-3-5-7-22)30-31(36-37-32(30)34(38)40)26-19-24(35)11-14-27(26)39/h3-15,18-19,33,39H,16-17,20H2,1-2H3,(H,36,37). The number of hydrogen-bond acceptors (Lipinski definition) is 6. The summed E-state index contributed by atoms with van der Waals surface area (Å²) in [7, 11) is 3.22. The Kier molecular flexibility index (Phi) is 7.94. The second-order valence-electron chi connectivity index (χ2n) is 10.2. The van der Waals surface area contributed by atoms with Crippen molar-refractivity contribution in [1.82, 2.24) is 15.1 Å². The number of phenolic OH excluding ortho intramolecular Hbond substituents is 1. The van der Waals surface area contributed by atoms with Crippen molar-refractivity contribution < 1.29 is 24.1 Å². The Morgan fingerprint density at radius 3 is 2.44 bits per heavy atom. The van der Waals surface area contributed by atoms with Gasteiger partial charge in [-0.2, -0.15) is 5.10 Å². The number of nitrogens with zero attached hydrogens (tertiary/aromatic N) is 2. The fourth-order valence-corrected chi connectivity index (χ4v) is 5.60. The Morgan fingerprint density at radius 1 is 0.907 bits per heavy atom. The zero-order valence-electron chi connectivity index (χ0n) is 23.7. The van der Waals surface area contributed by atoms with Gasteiger partial charge in [-0.3, -0.25) is 9.89 Å². The number of methoxy groups -OCH3 is 2. The zero-order valence-corrected chi connectivity index (χ0v) is 24.5. The number of amides is 1. The van der Waals surface area contributed by atoms with E-state index in [1.807, 2.05) is 77.7 Å². The maximum absolute atomic E-state index is 13.9. The van der Waals surface area contributed by atoms with E-state index in [1.165, 1.54) is 6.07 Å². The molecule has 5 aromatic rings. The molecule has 4 aromatic carbocycles. The number of H-pyrrole nitrogens is 1. The average Bonchev–Trinajstić information content (AvgIpc) is 3.59. The van der Waals surface area contributed by atoms with Gasteiger partial charge in [0.15, 0.2) is 11.5 Å². The molecule has 1 aliphatic heterocycles. The van der Waals surface area contributed by atoms with E-state index in [-0.39, 0.29) is 11.7 Å². The van der Waals surface area contributed by atoms with E-state index in [0.717, 1.165) is 22.4 Å². The lowest BCUT2D eigenvalue weighted by Gasteiger charge is -2.27. The van der Waals surface area contributed by atoms with Gasteiger partial charge in [-0.1, -0.05) is 60.1 Å². The van der Waals surface area contributed by atoms with Gasteiger partial charge in [0.1, 0.15) is 29.5 Å². The van der Waals surface area contributed by atoms with Crippen LogP contribution in [0, 0.1) is 0 Å². The molecule has 0 fully saturated rings. The summed E-state index contributed by atoms with van der Waals surface area (Å²) in [6, 6.07) is 27.6. The van der Waals surface area contributed by atoms with Crippen LogP contribution in [0.25, 0.3) is 11.3 Å². The SMILES string of the molecule is COc1ccc(CCN2C(=O)c3[nH]nc(-c4cc(Cl)ccc4O)c3C2c2ccc(OCc3ccccc3)c(OC)c2)cc1. The molecule has 0 radical (unpaired) electrons. The van der Waals surface area contributed by atoms with Crippen molar-refractivity contribution in [3.8, 4) is 34.3 Å². The summed E-state index contributed by atoms with van der Waals surface area (Å²) in [5.41, 5.74) is 4.85. The molecule has 0 aliphatic carbocycles. The van der Waals surface area contributed by atoms with Gasteiger partial charge in [0.25, 0.3) is 5.91 Å². The molecule has 1 aromatic heterocycles. The second kappa shape index (κ2) is 12.1. The number of ether oxygens (including phenoxy) is 3. The maximum atomic E-state index is 13.9. The predicted octanol–water partition coefficient (Wildman–Crippen LogP) is 6.82. The number of fused-ring (bicyclic) bond motifs is 1. The summed E-state index contributed by atoms with van der Waals surface area (Å²) >= 11 is 6.30. The molecule has 0 spiro atoms. The van der Waals surface area contributed by atoms with Gasteiger partial charge in [0, 0.05) is 22.7 Å². The molecule has 6 rings (SSSR count). The van der Waals surface area contributed by atoms with Crippen molar-refractivity contribution in [2.45, 2.75) is 19.1 Å². The minimum absolute atomic E-state index is 0.0174. The predicted molar refractivity (Wildman–Crippen MR) is 164 cm³/mol. The molecule has 0 saturated carbocycles. The molecule has 2 N–H and O–H groups in total. The van der Waals surface area contributed by atoms with Crippen molar-refractivity contribution in [3.05, 3.63) is 124 Å². The first-order valence-electron chi connectivity index (χ1n) is 13.8. The molecular weight excluding hydrogens is 566 g/mol. The normalized spacial score (nSPS) is 14.1. The molecule has 0 saturated heterocycles. The lowest BCUT2D eigenvalue weighted by Crippen LogP contribution is -2.31. The summed E-state index contributed by atoms with van der Waals surface area (Å²) in [5.74, 6) is 1.73. The molecule has 43 heavy (non-hydrogen) atoms. The van der Waals surface area contributed by atoms with Crippen LogP contribution in [0.4, 0.5) is 0 Å². The number of carbonyl (C=O) groups excluding carboxylic acids is 1. The number of benzene rings is 4. The quantitative estimate of drug-likeness (QED) is 0.184. The van der Waals surface area contributed by atoms with Gasteiger partial charge in [0.2, 0.25) is 0 Å². The van der Waals surface area contributed by atoms with Gasteiger partial charge < -0.3 is 24.2 Å². The molecule has 1 aliphatic rings. The third-order valence-electron chi connectivity index (χ3n) is 7.62. The van der Waals surface area contributed by atoms with E-state index >= 15 is 0 Å². The first-order chi connectivity index (χ1) is 21.0. The number of aromatic nitrogens is 2. The summed E-state index contributed by atoms with van der Waals surface area (Å²) in [4.78, 5) is 15.7. The van der Waals surface area contributed by atoms with Gasteiger partial charge >= 0.3 is 0 Å². The highest BCUT2D eigenvalue weighted by Crippen LogP contribution is 2.46. The highest BCUT2D eigenvalue weighted by molar-refractivity contribution is 6.31. The number of nitrogens with one attached hydrogen (secondary N) is 1. The van der Waals surface area contributed by atoms with E-state index in [1.54, 1.807) is 26.4 Å². The zero-order chi connectivity index (χ0) is 29.9. The van der Waals surface area contributed by atoms with E-state index in [0.29, 0.717) is 58.6 Å². The van der Waals surface area contributed by atoms with Crippen LogP contribution in [0.1, 0.15) is 38.8 Å². The lowest BCUT2D eigenvalue weighted by atomic mass is 9.95. The molecule has 9 heteroatoms. The molecule has 0 bridgehead atoms. The van der Waals surface area contributed by atoms with Crippen LogP contribution >= 0.6 is 11.6 Å². The fraction of sp³-hybridized carbons (Fsp3) is 0.176. The molecule has 8 nitrogen and oxygen atoms in total. The van der Waals surface area contributed by atoms with Crippen molar-refractivity contribution in [1.29, 1.82) is 0 Å². The van der Waals surface area contributed by atoms with Gasteiger partial charge in [0.05, 0.1) is 20.3 Å². The number of rotatable bonds is 10. The smallest absolute Gasteiger partial charge is 0.273 e.